The van der Waals surface area contributed by atoms with E-state index in [9.17, 15) is 9.59 Å². The van der Waals surface area contributed by atoms with Gasteiger partial charge in [-0.15, -0.1) is 0 Å². The van der Waals surface area contributed by atoms with Crippen LogP contribution in [-0.2, 0) is 9.53 Å². The first-order valence-electron chi connectivity index (χ1n) is 8.01. The minimum atomic E-state index is -0.271. The SMILES string of the molecule is CCOC(=O)N1CCN(CC(=O)Nc2c(C)cccc2C)CC1. The number of carbonyl (C=O) groups excluding carboxylic acids is 2. The highest BCUT2D eigenvalue weighted by Gasteiger charge is 2.23. The average molecular weight is 319 g/mol. The maximum atomic E-state index is 12.2. The van der Waals surface area contributed by atoms with E-state index in [1.807, 2.05) is 32.0 Å². The summed E-state index contributed by atoms with van der Waals surface area (Å²) in [4.78, 5) is 27.6. The summed E-state index contributed by atoms with van der Waals surface area (Å²) in [5.74, 6) is -0.0213. The van der Waals surface area contributed by atoms with E-state index in [1.54, 1.807) is 11.8 Å². The van der Waals surface area contributed by atoms with E-state index in [0.717, 1.165) is 16.8 Å². The summed E-state index contributed by atoms with van der Waals surface area (Å²) in [6.45, 7) is 9.04. The Morgan fingerprint density at radius 1 is 1.13 bits per heavy atom. The fourth-order valence-corrected chi connectivity index (χ4v) is 2.70. The molecule has 0 bridgehead atoms. The van der Waals surface area contributed by atoms with Gasteiger partial charge in [-0.25, -0.2) is 4.79 Å². The Balaban J connectivity index is 1.82. The number of para-hydroxylation sites is 1. The highest BCUT2D eigenvalue weighted by molar-refractivity contribution is 5.93. The standard InChI is InChI=1S/C17H25N3O3/c1-4-23-17(22)20-10-8-19(9-11-20)12-15(21)18-16-13(2)6-5-7-14(16)3/h5-7H,4,8-12H2,1-3H3,(H,18,21). The molecular formula is C17H25N3O3. The first-order valence-corrected chi connectivity index (χ1v) is 8.01. The average Bonchev–Trinajstić information content (AvgIpc) is 2.52. The van der Waals surface area contributed by atoms with E-state index in [2.05, 4.69) is 10.2 Å². The second-order valence-corrected chi connectivity index (χ2v) is 5.78. The highest BCUT2D eigenvalue weighted by Crippen LogP contribution is 2.19. The van der Waals surface area contributed by atoms with Gasteiger partial charge in [-0.05, 0) is 31.9 Å². The molecule has 0 radical (unpaired) electrons. The van der Waals surface area contributed by atoms with Crippen LogP contribution in [0.5, 0.6) is 0 Å². The zero-order chi connectivity index (χ0) is 16.8. The van der Waals surface area contributed by atoms with Crippen molar-refractivity contribution >= 4 is 17.7 Å². The van der Waals surface area contributed by atoms with Crippen LogP contribution < -0.4 is 5.32 Å². The quantitative estimate of drug-likeness (QED) is 0.922. The van der Waals surface area contributed by atoms with Crippen molar-refractivity contribution in [1.29, 1.82) is 0 Å². The summed E-state index contributed by atoms with van der Waals surface area (Å²) < 4.78 is 4.99. The molecule has 0 atom stereocenters. The van der Waals surface area contributed by atoms with Gasteiger partial charge in [0.2, 0.25) is 5.91 Å². The van der Waals surface area contributed by atoms with Gasteiger partial charge in [-0.1, -0.05) is 18.2 Å². The fourth-order valence-electron chi connectivity index (χ4n) is 2.70. The molecule has 0 spiro atoms. The lowest BCUT2D eigenvalue weighted by Gasteiger charge is -2.33. The molecule has 1 aromatic rings. The van der Waals surface area contributed by atoms with E-state index < -0.39 is 0 Å². The molecule has 1 heterocycles. The third-order valence-corrected chi connectivity index (χ3v) is 4.01. The van der Waals surface area contributed by atoms with E-state index in [-0.39, 0.29) is 12.0 Å². The van der Waals surface area contributed by atoms with Crippen LogP contribution in [0.25, 0.3) is 0 Å². The van der Waals surface area contributed by atoms with E-state index in [0.29, 0.717) is 39.3 Å². The Labute approximate surface area is 137 Å². The number of anilines is 1. The molecule has 126 valence electrons. The largest absolute Gasteiger partial charge is 0.450 e. The number of hydrogen-bond donors (Lipinski definition) is 1. The minimum Gasteiger partial charge on any atom is -0.450 e. The maximum Gasteiger partial charge on any atom is 0.409 e. The van der Waals surface area contributed by atoms with Crippen molar-refractivity contribution < 1.29 is 14.3 Å². The number of ether oxygens (including phenoxy) is 1. The Morgan fingerprint density at radius 2 is 1.74 bits per heavy atom. The summed E-state index contributed by atoms with van der Waals surface area (Å²) in [6.07, 6.45) is -0.271. The van der Waals surface area contributed by atoms with Gasteiger partial charge in [0, 0.05) is 31.9 Å². The molecule has 2 amide bonds. The van der Waals surface area contributed by atoms with Gasteiger partial charge in [0.1, 0.15) is 0 Å². The highest BCUT2D eigenvalue weighted by atomic mass is 16.6. The maximum absolute atomic E-state index is 12.2. The molecule has 1 fully saturated rings. The number of hydrogen-bond acceptors (Lipinski definition) is 4. The summed E-state index contributed by atoms with van der Waals surface area (Å²) in [7, 11) is 0. The van der Waals surface area contributed by atoms with Gasteiger partial charge >= 0.3 is 6.09 Å². The summed E-state index contributed by atoms with van der Waals surface area (Å²) in [6, 6.07) is 5.95. The lowest BCUT2D eigenvalue weighted by Crippen LogP contribution is -2.50. The smallest absolute Gasteiger partial charge is 0.409 e. The topological polar surface area (TPSA) is 61.9 Å². The van der Waals surface area contributed by atoms with Crippen LogP contribution >= 0.6 is 0 Å². The van der Waals surface area contributed by atoms with Gasteiger partial charge in [0.15, 0.2) is 0 Å². The number of amides is 2. The molecule has 1 saturated heterocycles. The first kappa shape index (κ1) is 17.3. The molecule has 6 heteroatoms. The zero-order valence-electron chi connectivity index (χ0n) is 14.1. The van der Waals surface area contributed by atoms with E-state index >= 15 is 0 Å². The monoisotopic (exact) mass is 319 g/mol. The van der Waals surface area contributed by atoms with E-state index in [4.69, 9.17) is 4.74 Å². The van der Waals surface area contributed by atoms with Crippen LogP contribution in [-0.4, -0.2) is 61.1 Å². The van der Waals surface area contributed by atoms with Gasteiger partial charge in [-0.3, -0.25) is 9.69 Å². The first-order chi connectivity index (χ1) is 11.0. The van der Waals surface area contributed by atoms with Crippen LogP contribution in [0.15, 0.2) is 18.2 Å². The van der Waals surface area contributed by atoms with Crippen molar-refractivity contribution in [2.75, 3.05) is 44.6 Å². The molecule has 1 N–H and O–H groups in total. The molecule has 1 aromatic carbocycles. The van der Waals surface area contributed by atoms with Gasteiger partial charge in [-0.2, -0.15) is 0 Å². The fraction of sp³-hybridized carbons (Fsp3) is 0.529. The van der Waals surface area contributed by atoms with Crippen LogP contribution in [0.3, 0.4) is 0 Å². The second-order valence-electron chi connectivity index (χ2n) is 5.78. The van der Waals surface area contributed by atoms with Crippen molar-refractivity contribution in [3.8, 4) is 0 Å². The lowest BCUT2D eigenvalue weighted by atomic mass is 10.1. The van der Waals surface area contributed by atoms with Gasteiger partial charge in [0.05, 0.1) is 13.2 Å². The number of piperazine rings is 1. The van der Waals surface area contributed by atoms with Crippen molar-refractivity contribution in [1.82, 2.24) is 9.80 Å². The van der Waals surface area contributed by atoms with Crippen LogP contribution in [0.1, 0.15) is 18.1 Å². The molecule has 23 heavy (non-hydrogen) atoms. The van der Waals surface area contributed by atoms with Crippen molar-refractivity contribution in [2.45, 2.75) is 20.8 Å². The third-order valence-electron chi connectivity index (χ3n) is 4.01. The number of aryl methyl sites for hydroxylation is 2. The number of nitrogens with one attached hydrogen (secondary N) is 1. The van der Waals surface area contributed by atoms with Crippen LogP contribution in [0.4, 0.5) is 10.5 Å². The number of benzene rings is 1. The predicted molar refractivity (Wildman–Crippen MR) is 89.6 cm³/mol. The molecule has 0 unspecified atom stereocenters. The molecule has 0 aromatic heterocycles. The number of nitrogens with zero attached hydrogens (tertiary/aromatic N) is 2. The van der Waals surface area contributed by atoms with Crippen molar-refractivity contribution in [3.63, 3.8) is 0 Å². The van der Waals surface area contributed by atoms with Gasteiger partial charge in [0.25, 0.3) is 0 Å². The van der Waals surface area contributed by atoms with Crippen molar-refractivity contribution in [3.05, 3.63) is 29.3 Å². The van der Waals surface area contributed by atoms with Gasteiger partial charge < -0.3 is 15.0 Å². The zero-order valence-corrected chi connectivity index (χ0v) is 14.1. The Hall–Kier alpha value is -2.08. The normalized spacial score (nSPS) is 15.3. The Kier molecular flexibility index (Phi) is 5.98. The molecule has 1 aliphatic rings. The summed E-state index contributed by atoms with van der Waals surface area (Å²) in [5.41, 5.74) is 3.01. The summed E-state index contributed by atoms with van der Waals surface area (Å²) >= 11 is 0. The Morgan fingerprint density at radius 3 is 2.30 bits per heavy atom. The minimum absolute atomic E-state index is 0.0213. The summed E-state index contributed by atoms with van der Waals surface area (Å²) in [5, 5.41) is 2.99. The molecule has 1 aliphatic heterocycles. The van der Waals surface area contributed by atoms with Crippen LogP contribution in [0.2, 0.25) is 0 Å². The number of rotatable bonds is 4. The predicted octanol–water partition coefficient (Wildman–Crippen LogP) is 2.02. The Bertz CT molecular complexity index is 546. The van der Waals surface area contributed by atoms with Crippen molar-refractivity contribution in [2.24, 2.45) is 0 Å². The molecular weight excluding hydrogens is 294 g/mol. The molecule has 2 rings (SSSR count). The molecule has 6 nitrogen and oxygen atoms in total. The molecule has 0 aliphatic carbocycles. The van der Waals surface area contributed by atoms with Crippen LogP contribution in [0, 0.1) is 13.8 Å². The molecule has 0 saturated carbocycles. The lowest BCUT2D eigenvalue weighted by molar-refractivity contribution is -0.117. The number of carbonyl (C=O) groups is 2. The third kappa shape index (κ3) is 4.69. The second kappa shape index (κ2) is 7.97. The van der Waals surface area contributed by atoms with E-state index in [1.165, 1.54) is 0 Å².